The van der Waals surface area contributed by atoms with Gasteiger partial charge in [0.25, 0.3) is 5.89 Å². The molecule has 0 spiro atoms. The van der Waals surface area contributed by atoms with Gasteiger partial charge in [-0.15, -0.1) is 0 Å². The van der Waals surface area contributed by atoms with Crippen LogP contribution < -0.4 is 0 Å². The molecule has 0 atom stereocenters. The van der Waals surface area contributed by atoms with E-state index in [0.717, 1.165) is 6.07 Å². The Bertz CT molecular complexity index is 1060. The van der Waals surface area contributed by atoms with Gasteiger partial charge in [0.2, 0.25) is 5.82 Å². The molecule has 1 heterocycles. The molecule has 0 saturated carbocycles. The molecule has 27 heavy (non-hydrogen) atoms. The Morgan fingerprint density at radius 3 is 2.26 bits per heavy atom. The summed E-state index contributed by atoms with van der Waals surface area (Å²) in [6, 6.07) is 22.2. The third-order valence-electron chi connectivity index (χ3n) is 4.06. The lowest BCUT2D eigenvalue weighted by atomic mass is 9.97. The maximum Gasteiger partial charge on any atom is 0.417 e. The van der Waals surface area contributed by atoms with E-state index < -0.39 is 11.7 Å². The summed E-state index contributed by atoms with van der Waals surface area (Å²) in [7, 11) is 0. The van der Waals surface area contributed by atoms with Crippen LogP contribution in [0.5, 0.6) is 0 Å². The lowest BCUT2D eigenvalue weighted by molar-refractivity contribution is -0.137. The Morgan fingerprint density at radius 1 is 0.815 bits per heavy atom. The van der Waals surface area contributed by atoms with Crippen LogP contribution in [0.4, 0.5) is 13.2 Å². The summed E-state index contributed by atoms with van der Waals surface area (Å²) in [5, 5.41) is 3.85. The minimum atomic E-state index is -4.51. The number of benzene rings is 3. The number of hydrogen-bond acceptors (Lipinski definition) is 3. The Balaban J connectivity index is 1.78. The number of aromatic nitrogens is 2. The van der Waals surface area contributed by atoms with Gasteiger partial charge in [-0.3, -0.25) is 0 Å². The average molecular weight is 365 g/mol. The van der Waals surface area contributed by atoms with Gasteiger partial charge in [-0.2, -0.15) is 18.2 Å². The fourth-order valence-corrected chi connectivity index (χ4v) is 2.78. The van der Waals surface area contributed by atoms with Crippen LogP contribution in [-0.2, 0) is 6.18 Å². The van der Waals surface area contributed by atoms with Crippen molar-refractivity contribution in [3.05, 3.63) is 84.4 Å². The molecule has 3 nitrogen and oxygen atoms in total. The largest absolute Gasteiger partial charge is 0.417 e. The molecule has 0 saturated heterocycles. The minimum absolute atomic E-state index is 0.0305. The Kier molecular flexibility index (Phi) is 4.24. The number of nitrogens with zero attached hydrogens (tertiary/aromatic N) is 2. The number of halogens is 3. The number of alkyl halides is 3. The first-order valence-electron chi connectivity index (χ1n) is 8.09. The monoisotopic (exact) mass is 365 g/mol. The van der Waals surface area contributed by atoms with Crippen molar-refractivity contribution in [2.45, 2.75) is 6.18 Å². The van der Waals surface area contributed by atoms with Crippen LogP contribution >= 0.6 is 0 Å². The van der Waals surface area contributed by atoms with Crippen molar-refractivity contribution < 1.29 is 17.7 Å². The molecule has 0 unspecified atom stereocenters. The van der Waals surface area contributed by atoms with Crippen LogP contribution in [-0.4, -0.2) is 10.1 Å². The van der Waals surface area contributed by atoms with Gasteiger partial charge >= 0.3 is 6.18 Å². The topological polar surface area (TPSA) is 38.9 Å². The molecule has 0 bridgehead atoms. The molecule has 133 valence electrons. The second-order valence-electron chi connectivity index (χ2n) is 5.84. The van der Waals surface area contributed by atoms with E-state index in [-0.39, 0.29) is 17.0 Å². The maximum absolute atomic E-state index is 13.6. The molecule has 0 fully saturated rings. The van der Waals surface area contributed by atoms with Gasteiger partial charge in [-0.25, -0.2) is 0 Å². The van der Waals surface area contributed by atoms with E-state index in [0.29, 0.717) is 17.0 Å². The summed E-state index contributed by atoms with van der Waals surface area (Å²) in [6.45, 7) is 0. The van der Waals surface area contributed by atoms with E-state index in [2.05, 4.69) is 16.2 Å². The molecule has 0 aliphatic rings. The van der Waals surface area contributed by atoms with Gasteiger partial charge in [0, 0.05) is 11.1 Å². The van der Waals surface area contributed by atoms with Crippen LogP contribution in [0.15, 0.2) is 77.3 Å². The first-order chi connectivity index (χ1) is 13.0. The predicted octanol–water partition coefficient (Wildman–Crippen LogP) is 5.89. The highest BCUT2D eigenvalue weighted by Crippen LogP contribution is 2.39. The molecule has 0 aliphatic heterocycles. The average Bonchev–Trinajstić information content (AvgIpc) is 3.18. The van der Waals surface area contributed by atoms with Crippen LogP contribution in [0.1, 0.15) is 5.56 Å². The predicted molar refractivity (Wildman–Crippen MR) is 94.4 cm³/mol. The van der Waals surface area contributed by atoms with Crippen molar-refractivity contribution in [3.63, 3.8) is 0 Å². The zero-order chi connectivity index (χ0) is 18.9. The minimum Gasteiger partial charge on any atom is -0.334 e. The standard InChI is InChI=1S/C21H12F3N2O/c22-21(23,24)18-13-16(11-12-17(18)14-7-3-1-4-8-14)20-25-19(26-27-20)15-9-5-2-6-10-15/h1,3-13H. The molecule has 3 aromatic carbocycles. The fraction of sp³-hybridized carbons (Fsp3) is 0.0476. The molecule has 6 heteroatoms. The van der Waals surface area contributed by atoms with Gasteiger partial charge in [0.1, 0.15) is 0 Å². The Labute approximate surface area is 153 Å². The summed E-state index contributed by atoms with van der Waals surface area (Å²) in [5.74, 6) is 0.336. The molecule has 0 amide bonds. The zero-order valence-electron chi connectivity index (χ0n) is 13.9. The van der Waals surface area contributed by atoms with Crippen LogP contribution in [0.25, 0.3) is 34.0 Å². The Morgan fingerprint density at radius 2 is 1.56 bits per heavy atom. The highest BCUT2D eigenvalue weighted by Gasteiger charge is 2.34. The molecule has 0 aliphatic carbocycles. The maximum atomic E-state index is 13.6. The van der Waals surface area contributed by atoms with Crippen molar-refractivity contribution in [2.24, 2.45) is 0 Å². The molecule has 4 rings (SSSR count). The highest BCUT2D eigenvalue weighted by molar-refractivity contribution is 5.72. The van der Waals surface area contributed by atoms with Crippen molar-refractivity contribution in [3.8, 4) is 34.0 Å². The van der Waals surface area contributed by atoms with Crippen LogP contribution in [0, 0.1) is 6.07 Å². The quantitative estimate of drug-likeness (QED) is 0.454. The second-order valence-corrected chi connectivity index (χ2v) is 5.84. The molecule has 1 radical (unpaired) electrons. The zero-order valence-corrected chi connectivity index (χ0v) is 13.9. The number of hydrogen-bond donors (Lipinski definition) is 0. The first-order valence-corrected chi connectivity index (χ1v) is 8.09. The summed E-state index contributed by atoms with van der Waals surface area (Å²) in [5.41, 5.74) is 0.748. The molecule has 1 aromatic heterocycles. The van der Waals surface area contributed by atoms with Gasteiger partial charge in [0.15, 0.2) is 0 Å². The van der Waals surface area contributed by atoms with Crippen molar-refractivity contribution >= 4 is 0 Å². The van der Waals surface area contributed by atoms with Gasteiger partial charge in [-0.05, 0) is 29.3 Å². The van der Waals surface area contributed by atoms with Crippen molar-refractivity contribution in [2.75, 3.05) is 0 Å². The third kappa shape index (κ3) is 3.46. The normalized spacial score (nSPS) is 11.5. The van der Waals surface area contributed by atoms with Crippen molar-refractivity contribution in [1.29, 1.82) is 0 Å². The summed E-state index contributed by atoms with van der Waals surface area (Å²) >= 11 is 0. The SMILES string of the molecule is FC(F)(F)c1cc(-c2nc(-c3cc[c]cc3)no2)ccc1-c1ccccc1. The lowest BCUT2D eigenvalue weighted by Crippen LogP contribution is -2.07. The van der Waals surface area contributed by atoms with Gasteiger partial charge in [-0.1, -0.05) is 65.8 Å². The van der Waals surface area contributed by atoms with E-state index in [9.17, 15) is 13.2 Å². The second kappa shape index (κ2) is 6.72. The van der Waals surface area contributed by atoms with E-state index in [1.54, 1.807) is 60.7 Å². The fourth-order valence-electron chi connectivity index (χ4n) is 2.78. The van der Waals surface area contributed by atoms with Gasteiger partial charge in [0.05, 0.1) is 5.56 Å². The third-order valence-corrected chi connectivity index (χ3v) is 4.06. The molecular formula is C21H12F3N2O. The molecule has 4 aromatic rings. The van der Waals surface area contributed by atoms with Gasteiger partial charge < -0.3 is 4.52 Å². The first kappa shape index (κ1) is 17.0. The highest BCUT2D eigenvalue weighted by atomic mass is 19.4. The van der Waals surface area contributed by atoms with E-state index in [1.165, 1.54) is 6.07 Å². The number of rotatable bonds is 3. The smallest absolute Gasteiger partial charge is 0.334 e. The van der Waals surface area contributed by atoms with E-state index >= 15 is 0 Å². The van der Waals surface area contributed by atoms with E-state index in [1.807, 2.05) is 0 Å². The van der Waals surface area contributed by atoms with Crippen LogP contribution in [0.3, 0.4) is 0 Å². The molecular weight excluding hydrogens is 353 g/mol. The van der Waals surface area contributed by atoms with Crippen LogP contribution in [0.2, 0.25) is 0 Å². The van der Waals surface area contributed by atoms with Crippen molar-refractivity contribution in [1.82, 2.24) is 10.1 Å². The van der Waals surface area contributed by atoms with E-state index in [4.69, 9.17) is 4.52 Å². The molecule has 0 N–H and O–H groups in total. The summed E-state index contributed by atoms with van der Waals surface area (Å²) in [4.78, 5) is 4.22. The lowest BCUT2D eigenvalue weighted by Gasteiger charge is -2.14. The Hall–Kier alpha value is -3.41. The summed E-state index contributed by atoms with van der Waals surface area (Å²) < 4.78 is 46.1. The summed E-state index contributed by atoms with van der Waals surface area (Å²) in [6.07, 6.45) is -4.51.